The zero-order chi connectivity index (χ0) is 14.7. The van der Waals surface area contributed by atoms with Crippen LogP contribution in [0.5, 0.6) is 0 Å². The first-order valence-corrected chi connectivity index (χ1v) is 6.93. The third-order valence-electron chi connectivity index (χ3n) is 3.44. The van der Waals surface area contributed by atoms with Crippen LogP contribution in [0.15, 0.2) is 18.2 Å². The van der Waals surface area contributed by atoms with Crippen molar-refractivity contribution < 1.29 is 14.3 Å². The monoisotopic (exact) mass is 300 g/mol. The van der Waals surface area contributed by atoms with E-state index in [0.717, 1.165) is 0 Å². The molecule has 1 aliphatic rings. The molecule has 0 saturated carbocycles. The minimum atomic E-state index is -0.614. The van der Waals surface area contributed by atoms with Crippen LogP contribution in [-0.2, 0) is 11.3 Å². The molecular formula is C14H18ClFN2O2. The van der Waals surface area contributed by atoms with Crippen molar-refractivity contribution in [3.8, 4) is 0 Å². The number of rotatable bonds is 2. The number of halogens is 2. The van der Waals surface area contributed by atoms with Gasteiger partial charge in [0.25, 0.3) is 0 Å². The molecule has 0 aromatic heterocycles. The number of nitrogens with zero attached hydrogens (tertiary/aromatic N) is 2. The van der Waals surface area contributed by atoms with Crippen molar-refractivity contribution in [3.05, 3.63) is 34.6 Å². The summed E-state index contributed by atoms with van der Waals surface area (Å²) in [7, 11) is 0. The van der Waals surface area contributed by atoms with E-state index in [9.17, 15) is 14.3 Å². The van der Waals surface area contributed by atoms with E-state index in [-0.39, 0.29) is 11.7 Å². The van der Waals surface area contributed by atoms with Crippen LogP contribution in [0.4, 0.5) is 4.39 Å². The second-order valence-electron chi connectivity index (χ2n) is 5.09. The predicted octanol–water partition coefficient (Wildman–Crippen LogP) is 1.50. The van der Waals surface area contributed by atoms with Crippen LogP contribution in [0, 0.1) is 5.82 Å². The average molecular weight is 301 g/mol. The summed E-state index contributed by atoms with van der Waals surface area (Å²) in [6, 6.07) is 4.58. The molecule has 110 valence electrons. The van der Waals surface area contributed by atoms with Crippen LogP contribution in [0.1, 0.15) is 12.5 Å². The van der Waals surface area contributed by atoms with E-state index in [4.69, 9.17) is 11.6 Å². The van der Waals surface area contributed by atoms with Crippen molar-refractivity contribution in [2.45, 2.75) is 19.6 Å². The van der Waals surface area contributed by atoms with Gasteiger partial charge in [0.1, 0.15) is 5.82 Å². The Balaban J connectivity index is 2.04. The molecule has 0 spiro atoms. The number of amides is 1. The molecule has 2 rings (SSSR count). The summed E-state index contributed by atoms with van der Waals surface area (Å²) in [4.78, 5) is 14.9. The summed E-state index contributed by atoms with van der Waals surface area (Å²) in [5.74, 6) is -0.400. The number of aliphatic hydroxyl groups excluding tert-OH is 1. The van der Waals surface area contributed by atoms with Gasteiger partial charge < -0.3 is 10.0 Å². The second kappa shape index (κ2) is 6.52. The van der Waals surface area contributed by atoms with Gasteiger partial charge in [0, 0.05) is 50.2 Å². The number of carbonyl (C=O) groups excluding carboxylic acids is 1. The van der Waals surface area contributed by atoms with Gasteiger partial charge in [-0.05, 0) is 12.1 Å². The van der Waals surface area contributed by atoms with Crippen molar-refractivity contribution in [3.63, 3.8) is 0 Å². The number of hydrogen-bond acceptors (Lipinski definition) is 3. The number of aliphatic hydroxyl groups is 1. The number of β-amino-alcohol motifs (C(OH)–C–C–N with tert-alkyl or cyclic N) is 1. The average Bonchev–Trinajstić information content (AvgIpc) is 2.54. The quantitative estimate of drug-likeness (QED) is 0.900. The van der Waals surface area contributed by atoms with Crippen molar-refractivity contribution in [2.75, 3.05) is 26.2 Å². The fourth-order valence-corrected chi connectivity index (χ4v) is 2.53. The minimum Gasteiger partial charge on any atom is -0.390 e. The molecule has 1 atom stereocenters. The highest BCUT2D eigenvalue weighted by Gasteiger charge is 2.23. The van der Waals surface area contributed by atoms with Crippen LogP contribution in [0.3, 0.4) is 0 Å². The maximum Gasteiger partial charge on any atom is 0.219 e. The Kier molecular flexibility index (Phi) is 4.96. The number of carbonyl (C=O) groups is 1. The summed E-state index contributed by atoms with van der Waals surface area (Å²) in [6.45, 7) is 3.79. The van der Waals surface area contributed by atoms with Gasteiger partial charge in [-0.2, -0.15) is 0 Å². The number of hydrogen-bond donors (Lipinski definition) is 1. The molecule has 1 saturated heterocycles. The maximum absolute atomic E-state index is 13.8. The third-order valence-corrected chi connectivity index (χ3v) is 3.68. The highest BCUT2D eigenvalue weighted by atomic mass is 35.5. The lowest BCUT2D eigenvalue weighted by Gasteiger charge is -2.21. The molecule has 1 amide bonds. The Morgan fingerprint density at radius 1 is 1.45 bits per heavy atom. The molecule has 1 aliphatic heterocycles. The van der Waals surface area contributed by atoms with Crippen LogP contribution in [-0.4, -0.2) is 53.1 Å². The maximum atomic E-state index is 13.8. The van der Waals surface area contributed by atoms with E-state index < -0.39 is 6.10 Å². The molecule has 1 fully saturated rings. The van der Waals surface area contributed by atoms with Gasteiger partial charge in [-0.3, -0.25) is 9.69 Å². The summed E-state index contributed by atoms with van der Waals surface area (Å²) in [6.07, 6.45) is -0.614. The minimum absolute atomic E-state index is 0.0522. The fourth-order valence-electron chi connectivity index (χ4n) is 2.38. The molecule has 20 heavy (non-hydrogen) atoms. The van der Waals surface area contributed by atoms with Gasteiger partial charge >= 0.3 is 0 Å². The van der Waals surface area contributed by atoms with Crippen LogP contribution < -0.4 is 0 Å². The molecule has 0 radical (unpaired) electrons. The van der Waals surface area contributed by atoms with Gasteiger partial charge in [0.05, 0.1) is 6.10 Å². The molecule has 4 nitrogen and oxygen atoms in total. The first kappa shape index (κ1) is 15.2. The molecule has 1 N–H and O–H groups in total. The van der Waals surface area contributed by atoms with Crippen molar-refractivity contribution >= 4 is 17.5 Å². The van der Waals surface area contributed by atoms with Crippen LogP contribution >= 0.6 is 11.6 Å². The SMILES string of the molecule is CC(=O)N1CCN(Cc2ccc(Cl)cc2F)C[C@H](O)C1. The Morgan fingerprint density at radius 2 is 2.20 bits per heavy atom. The smallest absolute Gasteiger partial charge is 0.219 e. The van der Waals surface area contributed by atoms with Crippen molar-refractivity contribution in [2.24, 2.45) is 0 Å². The van der Waals surface area contributed by atoms with Crippen LogP contribution in [0.2, 0.25) is 5.02 Å². The summed E-state index contributed by atoms with van der Waals surface area (Å²) in [5.41, 5.74) is 0.540. The van der Waals surface area contributed by atoms with Gasteiger partial charge in [0.15, 0.2) is 0 Å². The third kappa shape index (κ3) is 3.91. The van der Waals surface area contributed by atoms with Crippen molar-refractivity contribution in [1.82, 2.24) is 9.80 Å². The Hall–Kier alpha value is -1.17. The molecule has 6 heteroatoms. The molecule has 1 aromatic rings. The van der Waals surface area contributed by atoms with Gasteiger partial charge in [0.2, 0.25) is 5.91 Å². The van der Waals surface area contributed by atoms with E-state index in [1.807, 2.05) is 4.90 Å². The zero-order valence-corrected chi connectivity index (χ0v) is 12.1. The highest BCUT2D eigenvalue weighted by molar-refractivity contribution is 6.30. The fraction of sp³-hybridized carbons (Fsp3) is 0.500. The largest absolute Gasteiger partial charge is 0.390 e. The lowest BCUT2D eigenvalue weighted by molar-refractivity contribution is -0.129. The zero-order valence-electron chi connectivity index (χ0n) is 11.4. The first-order valence-electron chi connectivity index (χ1n) is 6.55. The van der Waals surface area contributed by atoms with E-state index >= 15 is 0 Å². The summed E-state index contributed by atoms with van der Waals surface area (Å²) in [5, 5.41) is 10.3. The van der Waals surface area contributed by atoms with Crippen LogP contribution in [0.25, 0.3) is 0 Å². The molecule has 0 bridgehead atoms. The first-order chi connectivity index (χ1) is 9.45. The Bertz CT molecular complexity index is 498. The van der Waals surface area contributed by atoms with E-state index in [2.05, 4.69) is 0 Å². The highest BCUT2D eigenvalue weighted by Crippen LogP contribution is 2.17. The molecule has 0 aliphatic carbocycles. The molecular weight excluding hydrogens is 283 g/mol. The van der Waals surface area contributed by atoms with Gasteiger partial charge in [-0.1, -0.05) is 17.7 Å². The van der Waals surface area contributed by atoms with Gasteiger partial charge in [-0.25, -0.2) is 4.39 Å². The summed E-state index contributed by atoms with van der Waals surface area (Å²) < 4.78 is 13.8. The second-order valence-corrected chi connectivity index (χ2v) is 5.53. The van der Waals surface area contributed by atoms with E-state index in [1.165, 1.54) is 13.0 Å². The van der Waals surface area contributed by atoms with Gasteiger partial charge in [-0.15, -0.1) is 0 Å². The topological polar surface area (TPSA) is 43.8 Å². The molecule has 1 heterocycles. The Morgan fingerprint density at radius 3 is 2.85 bits per heavy atom. The predicted molar refractivity (Wildman–Crippen MR) is 74.9 cm³/mol. The standard InChI is InChI=1S/C14H18ClFN2O2/c1-10(19)18-5-4-17(8-13(20)9-18)7-11-2-3-12(15)6-14(11)16/h2-3,6,13,20H,4-5,7-9H2,1H3/t13-/m0/s1. The van der Waals surface area contributed by atoms with E-state index in [0.29, 0.717) is 43.3 Å². The summed E-state index contributed by atoms with van der Waals surface area (Å²) >= 11 is 5.73. The lowest BCUT2D eigenvalue weighted by atomic mass is 10.2. The number of benzene rings is 1. The molecule has 1 aromatic carbocycles. The Labute approximate surface area is 122 Å². The van der Waals surface area contributed by atoms with Crippen molar-refractivity contribution in [1.29, 1.82) is 0 Å². The molecule has 0 unspecified atom stereocenters. The normalized spacial score (nSPS) is 20.8. The van der Waals surface area contributed by atoms with E-state index in [1.54, 1.807) is 17.0 Å². The lowest BCUT2D eigenvalue weighted by Crippen LogP contribution is -2.36.